The molecule has 2 aromatic carbocycles. The number of carbonyl (C=O) groups is 2. The summed E-state index contributed by atoms with van der Waals surface area (Å²) in [5, 5.41) is 3.16. The van der Waals surface area contributed by atoms with Gasteiger partial charge in [-0.3, -0.25) is 9.59 Å². The lowest BCUT2D eigenvalue weighted by Gasteiger charge is -2.16. The van der Waals surface area contributed by atoms with E-state index in [4.69, 9.17) is 18.9 Å². The molecule has 5 rings (SSSR count). The maximum Gasteiger partial charge on any atom is 0.251 e. The van der Waals surface area contributed by atoms with Crippen LogP contribution in [-0.4, -0.2) is 31.4 Å². The highest BCUT2D eigenvalue weighted by Crippen LogP contribution is 2.37. The lowest BCUT2D eigenvalue weighted by molar-refractivity contribution is -0.121. The summed E-state index contributed by atoms with van der Waals surface area (Å²) in [5.74, 6) is 2.01. The first-order valence-corrected chi connectivity index (χ1v) is 8.57. The third-order valence-corrected chi connectivity index (χ3v) is 4.75. The summed E-state index contributed by atoms with van der Waals surface area (Å²) in [6.07, 6.45) is 0.109. The van der Waals surface area contributed by atoms with E-state index in [-0.39, 0.29) is 31.8 Å². The molecule has 0 aromatic heterocycles. The van der Waals surface area contributed by atoms with E-state index in [0.717, 1.165) is 5.56 Å². The van der Waals surface area contributed by atoms with Gasteiger partial charge in [0.1, 0.15) is 0 Å². The second kappa shape index (κ2) is 6.17. The smallest absolute Gasteiger partial charge is 0.251 e. The fourth-order valence-electron chi connectivity index (χ4n) is 3.38. The summed E-state index contributed by atoms with van der Waals surface area (Å²) in [6, 6.07) is 10.1. The maximum atomic E-state index is 12.8. The highest BCUT2D eigenvalue weighted by atomic mass is 16.7. The average molecular weight is 368 g/mol. The lowest BCUT2D eigenvalue weighted by Crippen LogP contribution is -2.38. The van der Waals surface area contributed by atoms with Crippen LogP contribution in [0.2, 0.25) is 0 Å². The van der Waals surface area contributed by atoms with E-state index in [1.54, 1.807) is 18.2 Å². The molecular formula is C19H16N2O6. The zero-order valence-corrected chi connectivity index (χ0v) is 14.3. The molecule has 0 saturated carbocycles. The highest BCUT2D eigenvalue weighted by Gasteiger charge is 2.39. The molecule has 2 amide bonds. The second-order valence-electron chi connectivity index (χ2n) is 6.43. The van der Waals surface area contributed by atoms with Crippen LogP contribution in [0.4, 0.5) is 5.69 Å². The van der Waals surface area contributed by atoms with Crippen molar-refractivity contribution < 1.29 is 28.5 Å². The van der Waals surface area contributed by atoms with E-state index < -0.39 is 6.04 Å². The van der Waals surface area contributed by atoms with Gasteiger partial charge < -0.3 is 24.3 Å². The van der Waals surface area contributed by atoms with Crippen molar-refractivity contribution in [2.75, 3.05) is 18.5 Å². The number of rotatable bonds is 4. The third kappa shape index (κ3) is 2.74. The number of hydrogen-bond acceptors (Lipinski definition) is 7. The number of carbonyl (C=O) groups excluding carboxylic acids is 2. The summed E-state index contributed by atoms with van der Waals surface area (Å²) >= 11 is 0. The summed E-state index contributed by atoms with van der Waals surface area (Å²) in [6.45, 7) is 0.794. The van der Waals surface area contributed by atoms with E-state index in [0.29, 0.717) is 35.2 Å². The van der Waals surface area contributed by atoms with Gasteiger partial charge in [0.2, 0.25) is 19.5 Å². The molecule has 8 heteroatoms. The van der Waals surface area contributed by atoms with Gasteiger partial charge in [0.15, 0.2) is 23.0 Å². The normalized spacial score (nSPS) is 19.9. The molecule has 27 heavy (non-hydrogen) atoms. The molecule has 0 bridgehead atoms. The first-order chi connectivity index (χ1) is 13.2. The number of amides is 2. The van der Waals surface area contributed by atoms with Crippen LogP contribution in [0, 0.1) is 0 Å². The molecule has 0 aliphatic carbocycles. The van der Waals surface area contributed by atoms with Gasteiger partial charge in [0.05, 0.1) is 18.2 Å². The van der Waals surface area contributed by atoms with Gasteiger partial charge in [0, 0.05) is 12.6 Å². The van der Waals surface area contributed by atoms with E-state index in [2.05, 4.69) is 5.32 Å². The molecule has 3 aliphatic heterocycles. The van der Waals surface area contributed by atoms with Gasteiger partial charge in [0.25, 0.3) is 5.91 Å². The molecule has 3 aliphatic rings. The van der Waals surface area contributed by atoms with E-state index >= 15 is 0 Å². The Balaban J connectivity index is 1.29. The maximum absolute atomic E-state index is 12.8. The third-order valence-electron chi connectivity index (χ3n) is 4.75. The van der Waals surface area contributed by atoms with Crippen molar-refractivity contribution in [2.24, 2.45) is 0 Å². The minimum Gasteiger partial charge on any atom is -0.454 e. The molecule has 1 N–H and O–H groups in total. The van der Waals surface area contributed by atoms with Crippen molar-refractivity contribution in [2.45, 2.75) is 19.0 Å². The van der Waals surface area contributed by atoms with Gasteiger partial charge in [-0.05, 0) is 29.8 Å². The predicted octanol–water partition coefficient (Wildman–Crippen LogP) is 1.57. The molecule has 1 atom stereocenters. The van der Waals surface area contributed by atoms with Crippen LogP contribution in [0.5, 0.6) is 23.0 Å². The Bertz CT molecular complexity index is 944. The molecular weight excluding hydrogens is 352 g/mol. The average Bonchev–Trinajstić information content (AvgIpc) is 3.38. The van der Waals surface area contributed by atoms with Crippen molar-refractivity contribution >= 4 is 17.5 Å². The Labute approximate surface area is 154 Å². The number of fused-ring (bicyclic) bond motifs is 2. The van der Waals surface area contributed by atoms with E-state index in [1.165, 1.54) is 4.90 Å². The van der Waals surface area contributed by atoms with Crippen LogP contribution in [-0.2, 0) is 16.1 Å². The zero-order valence-electron chi connectivity index (χ0n) is 14.3. The van der Waals surface area contributed by atoms with Gasteiger partial charge in [-0.25, -0.2) is 4.90 Å². The Morgan fingerprint density at radius 2 is 1.56 bits per heavy atom. The summed E-state index contributed by atoms with van der Waals surface area (Å²) in [7, 11) is 0. The monoisotopic (exact) mass is 368 g/mol. The Hall–Kier alpha value is -3.26. The molecule has 0 spiro atoms. The fraction of sp³-hybridized carbons (Fsp3) is 0.263. The molecule has 2 aromatic rings. The number of ether oxygens (including phenoxy) is 4. The van der Waals surface area contributed by atoms with Crippen molar-refractivity contribution in [3.63, 3.8) is 0 Å². The molecule has 3 heterocycles. The quantitative estimate of drug-likeness (QED) is 0.820. The van der Waals surface area contributed by atoms with Crippen molar-refractivity contribution in [1.82, 2.24) is 5.32 Å². The Kier molecular flexibility index (Phi) is 3.64. The molecule has 0 unspecified atom stereocenters. The molecule has 1 fully saturated rings. The predicted molar refractivity (Wildman–Crippen MR) is 92.9 cm³/mol. The number of nitrogens with zero attached hydrogens (tertiary/aromatic N) is 1. The SMILES string of the molecule is O=C1C[C@H](NCc2ccc3c(c2)OCO3)C(=O)N1c1ccc2c(c1)OCO2. The first-order valence-electron chi connectivity index (χ1n) is 8.57. The number of nitrogens with one attached hydrogen (secondary N) is 1. The van der Waals surface area contributed by atoms with Crippen LogP contribution in [0.15, 0.2) is 36.4 Å². The number of benzene rings is 2. The van der Waals surface area contributed by atoms with Gasteiger partial charge >= 0.3 is 0 Å². The fourth-order valence-corrected chi connectivity index (χ4v) is 3.38. The van der Waals surface area contributed by atoms with Gasteiger partial charge in [-0.1, -0.05) is 6.07 Å². The number of anilines is 1. The van der Waals surface area contributed by atoms with Gasteiger partial charge in [-0.15, -0.1) is 0 Å². The van der Waals surface area contributed by atoms with Crippen LogP contribution < -0.4 is 29.2 Å². The summed E-state index contributed by atoms with van der Waals surface area (Å²) < 4.78 is 21.2. The van der Waals surface area contributed by atoms with Crippen molar-refractivity contribution in [3.05, 3.63) is 42.0 Å². The minimum absolute atomic E-state index is 0.109. The summed E-state index contributed by atoms with van der Waals surface area (Å²) in [4.78, 5) is 26.4. The summed E-state index contributed by atoms with van der Waals surface area (Å²) in [5.41, 5.74) is 1.43. The highest BCUT2D eigenvalue weighted by molar-refractivity contribution is 6.22. The lowest BCUT2D eigenvalue weighted by atomic mass is 10.1. The topological polar surface area (TPSA) is 86.3 Å². The largest absolute Gasteiger partial charge is 0.454 e. The van der Waals surface area contributed by atoms with E-state index in [9.17, 15) is 9.59 Å². The van der Waals surface area contributed by atoms with Crippen LogP contribution >= 0.6 is 0 Å². The standard InChI is InChI=1S/C19H16N2O6/c22-18-7-13(20-8-11-1-3-14-16(5-11)26-9-24-14)19(23)21(18)12-2-4-15-17(6-12)27-10-25-15/h1-6,13,20H,7-10H2/t13-/m0/s1. The van der Waals surface area contributed by atoms with E-state index in [1.807, 2.05) is 18.2 Å². The molecule has 1 saturated heterocycles. The molecule has 8 nitrogen and oxygen atoms in total. The first kappa shape index (κ1) is 16.0. The number of hydrogen-bond donors (Lipinski definition) is 1. The van der Waals surface area contributed by atoms with Crippen LogP contribution in [0.3, 0.4) is 0 Å². The molecule has 138 valence electrons. The van der Waals surface area contributed by atoms with Crippen molar-refractivity contribution in [3.8, 4) is 23.0 Å². The Morgan fingerprint density at radius 3 is 2.33 bits per heavy atom. The minimum atomic E-state index is -0.576. The van der Waals surface area contributed by atoms with Gasteiger partial charge in [-0.2, -0.15) is 0 Å². The number of imide groups is 1. The Morgan fingerprint density at radius 1 is 0.889 bits per heavy atom. The van der Waals surface area contributed by atoms with Crippen molar-refractivity contribution in [1.29, 1.82) is 0 Å². The zero-order chi connectivity index (χ0) is 18.4. The van der Waals surface area contributed by atoms with Crippen LogP contribution in [0.25, 0.3) is 0 Å². The van der Waals surface area contributed by atoms with Crippen LogP contribution in [0.1, 0.15) is 12.0 Å². The second-order valence-corrected chi connectivity index (χ2v) is 6.43. The molecule has 0 radical (unpaired) electrons.